The Bertz CT molecular complexity index is 326. The molecule has 0 aliphatic carbocycles. The SMILES string of the molecule is CC(O)=[SH]C#Cc1ccccc1. The number of rotatable bonds is 0. The van der Waals surface area contributed by atoms with E-state index in [0.717, 1.165) is 5.56 Å². The Labute approximate surface area is 76.0 Å². The third-order valence-corrected chi connectivity index (χ3v) is 1.74. The van der Waals surface area contributed by atoms with Gasteiger partial charge < -0.3 is 5.11 Å². The number of aliphatic hydroxyl groups is 1. The highest BCUT2D eigenvalue weighted by atomic mass is 32.1. The van der Waals surface area contributed by atoms with E-state index in [0.29, 0.717) is 16.4 Å². The molecule has 0 unspecified atom stereocenters. The molecule has 62 valence electrons. The summed E-state index contributed by atoms with van der Waals surface area (Å²) in [5.41, 5.74) is 0.978. The van der Waals surface area contributed by atoms with Crippen molar-refractivity contribution in [3.05, 3.63) is 35.9 Å². The first-order chi connectivity index (χ1) is 5.79. The molecule has 12 heavy (non-hydrogen) atoms. The van der Waals surface area contributed by atoms with E-state index in [-0.39, 0.29) is 0 Å². The summed E-state index contributed by atoms with van der Waals surface area (Å²) in [6.45, 7) is 1.64. The highest BCUT2D eigenvalue weighted by Gasteiger charge is 1.79. The monoisotopic (exact) mass is 178 g/mol. The molecular formula is C10H10OS. The molecule has 1 aromatic carbocycles. The molecule has 0 spiro atoms. The molecule has 0 amide bonds. The molecule has 0 heterocycles. The van der Waals surface area contributed by atoms with Gasteiger partial charge in [0.15, 0.2) is 0 Å². The lowest BCUT2D eigenvalue weighted by Gasteiger charge is -1.84. The largest absolute Gasteiger partial charge is 0.359 e. The average molecular weight is 178 g/mol. The zero-order chi connectivity index (χ0) is 8.81. The van der Waals surface area contributed by atoms with Crippen LogP contribution in [0.4, 0.5) is 0 Å². The van der Waals surface area contributed by atoms with Crippen LogP contribution in [-0.4, -0.2) is 10.2 Å². The molecule has 0 saturated heterocycles. The third kappa shape index (κ3) is 3.38. The van der Waals surface area contributed by atoms with E-state index in [1.54, 1.807) is 6.92 Å². The van der Waals surface area contributed by atoms with Gasteiger partial charge in [-0.15, -0.1) is 0 Å². The van der Waals surface area contributed by atoms with Crippen molar-refractivity contribution in [2.75, 3.05) is 0 Å². The molecule has 2 heteroatoms. The van der Waals surface area contributed by atoms with Crippen LogP contribution >= 0.6 is 11.4 Å². The molecule has 0 atom stereocenters. The van der Waals surface area contributed by atoms with Gasteiger partial charge in [-0.25, -0.2) is 0 Å². The summed E-state index contributed by atoms with van der Waals surface area (Å²) in [6, 6.07) is 9.71. The van der Waals surface area contributed by atoms with Gasteiger partial charge in [0, 0.05) is 5.56 Å². The normalized spacial score (nSPS) is 11.0. The minimum atomic E-state index is 0.332. The molecule has 1 nitrogen and oxygen atoms in total. The molecule has 1 aromatic rings. The quantitative estimate of drug-likeness (QED) is 0.354. The van der Waals surface area contributed by atoms with Crippen LogP contribution in [0.3, 0.4) is 0 Å². The fraction of sp³-hybridized carbons (Fsp3) is 0.100. The summed E-state index contributed by atoms with van der Waals surface area (Å²) in [6.07, 6.45) is 0. The smallest absolute Gasteiger partial charge is 0.0777 e. The van der Waals surface area contributed by atoms with Crippen molar-refractivity contribution in [3.8, 4) is 11.2 Å². The van der Waals surface area contributed by atoms with Crippen LogP contribution in [0, 0.1) is 11.2 Å². The molecule has 0 bridgehead atoms. The van der Waals surface area contributed by atoms with Gasteiger partial charge in [0.1, 0.15) is 0 Å². The third-order valence-electron chi connectivity index (χ3n) is 1.19. The number of hydrogen-bond acceptors (Lipinski definition) is 0. The molecule has 0 aliphatic rings. The lowest BCUT2D eigenvalue weighted by molar-refractivity contribution is 0.565. The Morgan fingerprint density at radius 3 is 2.58 bits per heavy atom. The average Bonchev–Trinajstić information content (AvgIpc) is 2.05. The Kier molecular flexibility index (Phi) is 3.59. The second-order valence-electron chi connectivity index (χ2n) is 2.26. The molecule has 0 radical (unpaired) electrons. The molecule has 1 N–H and O–H groups in total. The maximum absolute atomic E-state index is 8.83. The zero-order valence-electron chi connectivity index (χ0n) is 6.78. The van der Waals surface area contributed by atoms with Crippen molar-refractivity contribution < 1.29 is 5.11 Å². The number of aliphatic hydroxyl groups excluding tert-OH is 1. The van der Waals surface area contributed by atoms with E-state index in [4.69, 9.17) is 5.11 Å². The summed E-state index contributed by atoms with van der Waals surface area (Å²) >= 11 is 0.681. The van der Waals surface area contributed by atoms with Crippen molar-refractivity contribution in [3.63, 3.8) is 0 Å². The first kappa shape index (κ1) is 9.05. The van der Waals surface area contributed by atoms with Crippen molar-refractivity contribution >= 4 is 16.4 Å². The topological polar surface area (TPSA) is 20.2 Å². The second-order valence-corrected chi connectivity index (χ2v) is 3.36. The van der Waals surface area contributed by atoms with Gasteiger partial charge in [-0.1, -0.05) is 35.5 Å². The summed E-state index contributed by atoms with van der Waals surface area (Å²) in [7, 11) is 0. The molecule has 1 rings (SSSR count). The van der Waals surface area contributed by atoms with Gasteiger partial charge in [0.25, 0.3) is 0 Å². The van der Waals surface area contributed by atoms with Crippen molar-refractivity contribution in [1.29, 1.82) is 0 Å². The maximum atomic E-state index is 8.83. The Balaban J connectivity index is 2.74. The van der Waals surface area contributed by atoms with Gasteiger partial charge in [-0.2, -0.15) is 0 Å². The van der Waals surface area contributed by atoms with Crippen LogP contribution in [0.25, 0.3) is 0 Å². The van der Waals surface area contributed by atoms with Gasteiger partial charge >= 0.3 is 0 Å². The van der Waals surface area contributed by atoms with Gasteiger partial charge in [-0.05, 0) is 24.3 Å². The Morgan fingerprint density at radius 1 is 1.33 bits per heavy atom. The first-order valence-corrected chi connectivity index (χ1v) is 4.48. The first-order valence-electron chi connectivity index (χ1n) is 3.58. The zero-order valence-corrected chi connectivity index (χ0v) is 7.68. The van der Waals surface area contributed by atoms with Crippen LogP contribution in [0.15, 0.2) is 30.3 Å². The Hall–Kier alpha value is -1.04. The number of benzene rings is 1. The summed E-state index contributed by atoms with van der Waals surface area (Å²) in [4.78, 5) is 0. The maximum Gasteiger partial charge on any atom is 0.0777 e. The molecular weight excluding hydrogens is 168 g/mol. The van der Waals surface area contributed by atoms with Crippen LogP contribution in [0.2, 0.25) is 0 Å². The van der Waals surface area contributed by atoms with E-state index in [1.807, 2.05) is 30.3 Å². The van der Waals surface area contributed by atoms with Crippen LogP contribution < -0.4 is 0 Å². The summed E-state index contributed by atoms with van der Waals surface area (Å²) in [5, 5.41) is 12.0. The minimum absolute atomic E-state index is 0.332. The predicted molar refractivity (Wildman–Crippen MR) is 55.6 cm³/mol. The van der Waals surface area contributed by atoms with Crippen molar-refractivity contribution in [2.24, 2.45) is 0 Å². The molecule has 0 aromatic heterocycles. The number of hydrogen-bond donors (Lipinski definition) is 2. The summed E-state index contributed by atoms with van der Waals surface area (Å²) < 4.78 is 0. The molecule has 0 fully saturated rings. The van der Waals surface area contributed by atoms with E-state index >= 15 is 0 Å². The van der Waals surface area contributed by atoms with E-state index in [2.05, 4.69) is 11.2 Å². The lowest BCUT2D eigenvalue weighted by Crippen LogP contribution is -1.77. The van der Waals surface area contributed by atoms with Gasteiger partial charge in [-0.3, -0.25) is 0 Å². The fourth-order valence-electron chi connectivity index (χ4n) is 0.695. The van der Waals surface area contributed by atoms with Crippen LogP contribution in [0.1, 0.15) is 12.5 Å². The molecule has 0 saturated carbocycles. The van der Waals surface area contributed by atoms with Crippen molar-refractivity contribution in [2.45, 2.75) is 6.92 Å². The van der Waals surface area contributed by atoms with E-state index in [9.17, 15) is 0 Å². The fourth-order valence-corrected chi connectivity index (χ4v) is 1.04. The standard InChI is InChI=1S/C10H10OS/c1-9(11)12-8-7-10-5-3-2-4-6-10/h2-6,11-12H,1H3. The Morgan fingerprint density at radius 2 is 2.00 bits per heavy atom. The van der Waals surface area contributed by atoms with Crippen LogP contribution in [0.5, 0.6) is 0 Å². The van der Waals surface area contributed by atoms with Crippen molar-refractivity contribution in [1.82, 2.24) is 0 Å². The minimum Gasteiger partial charge on any atom is -0.359 e. The van der Waals surface area contributed by atoms with E-state index < -0.39 is 0 Å². The van der Waals surface area contributed by atoms with Crippen LogP contribution in [-0.2, 0) is 0 Å². The highest BCUT2D eigenvalue weighted by Crippen LogP contribution is 1.95. The lowest BCUT2D eigenvalue weighted by atomic mass is 10.2. The van der Waals surface area contributed by atoms with Gasteiger partial charge in [0.05, 0.1) is 5.05 Å². The second kappa shape index (κ2) is 4.76. The number of thiol groups is 1. The highest BCUT2D eigenvalue weighted by molar-refractivity contribution is 8.02. The van der Waals surface area contributed by atoms with E-state index in [1.165, 1.54) is 0 Å². The summed E-state index contributed by atoms with van der Waals surface area (Å²) in [5.74, 6) is 2.93. The van der Waals surface area contributed by atoms with Gasteiger partial charge in [0.2, 0.25) is 0 Å². The predicted octanol–water partition coefficient (Wildman–Crippen LogP) is 2.17. The molecule has 0 aliphatic heterocycles.